The normalized spacial score (nSPS) is 12.6. The number of hydrogen-bond donors (Lipinski definition) is 1. The van der Waals surface area contributed by atoms with Gasteiger partial charge in [0.25, 0.3) is 0 Å². The molecule has 0 unspecified atom stereocenters. The average Bonchev–Trinajstić information content (AvgIpc) is 3.55. The first-order valence-electron chi connectivity index (χ1n) is 8.72. The highest BCUT2D eigenvalue weighted by Crippen LogP contribution is 2.37. The third-order valence-electron chi connectivity index (χ3n) is 4.31. The van der Waals surface area contributed by atoms with Crippen molar-refractivity contribution in [2.75, 3.05) is 18.1 Å². The number of pyridine rings is 1. The van der Waals surface area contributed by atoms with Gasteiger partial charge in [0.05, 0.1) is 11.3 Å². The summed E-state index contributed by atoms with van der Waals surface area (Å²) in [5, 5.41) is 19.7. The molecule has 140 valence electrons. The summed E-state index contributed by atoms with van der Waals surface area (Å²) >= 11 is 1.20. The van der Waals surface area contributed by atoms with Crippen molar-refractivity contribution < 1.29 is 9.53 Å². The number of nitriles is 2. The largest absolute Gasteiger partial charge is 0.490 e. The molecule has 0 amide bonds. The van der Waals surface area contributed by atoms with Crippen LogP contribution in [0.5, 0.6) is 5.75 Å². The minimum Gasteiger partial charge on any atom is -0.490 e. The first-order valence-corrected chi connectivity index (χ1v) is 9.71. The lowest BCUT2D eigenvalue weighted by atomic mass is 9.97. The molecule has 28 heavy (non-hydrogen) atoms. The Bertz CT molecular complexity index is 999. The van der Waals surface area contributed by atoms with Crippen LogP contribution in [0.3, 0.4) is 0 Å². The van der Waals surface area contributed by atoms with Crippen molar-refractivity contribution in [3.05, 3.63) is 48.0 Å². The van der Waals surface area contributed by atoms with Crippen LogP contribution in [0.1, 0.15) is 24.0 Å². The van der Waals surface area contributed by atoms with E-state index in [1.807, 2.05) is 6.07 Å². The van der Waals surface area contributed by atoms with Crippen molar-refractivity contribution >= 4 is 23.4 Å². The summed E-state index contributed by atoms with van der Waals surface area (Å²) in [6.45, 7) is 3.99. The number of Topliss-reactive ketones (excluding diaryl/α,β-unsaturated/α-hetero) is 1. The number of nitrogen functional groups attached to an aromatic ring is 1. The monoisotopic (exact) mass is 390 g/mol. The molecule has 0 radical (unpaired) electrons. The Kier molecular flexibility index (Phi) is 5.98. The maximum atomic E-state index is 12.0. The zero-order chi connectivity index (χ0) is 20.1. The Labute approximate surface area is 167 Å². The van der Waals surface area contributed by atoms with Crippen molar-refractivity contribution in [3.8, 4) is 29.0 Å². The van der Waals surface area contributed by atoms with Crippen LogP contribution >= 0.6 is 11.8 Å². The van der Waals surface area contributed by atoms with E-state index < -0.39 is 0 Å². The molecule has 1 heterocycles. The van der Waals surface area contributed by atoms with Gasteiger partial charge in [-0.3, -0.25) is 4.79 Å². The van der Waals surface area contributed by atoms with Gasteiger partial charge in [0.15, 0.2) is 0 Å². The van der Waals surface area contributed by atoms with Crippen LogP contribution < -0.4 is 10.5 Å². The van der Waals surface area contributed by atoms with Gasteiger partial charge in [0.2, 0.25) is 0 Å². The third kappa shape index (κ3) is 4.16. The number of ether oxygens (including phenoxy) is 1. The van der Waals surface area contributed by atoms with Gasteiger partial charge >= 0.3 is 0 Å². The number of hydrogen-bond acceptors (Lipinski definition) is 7. The molecule has 2 aromatic rings. The molecule has 0 spiro atoms. The van der Waals surface area contributed by atoms with Crippen molar-refractivity contribution in [2.24, 2.45) is 5.92 Å². The van der Waals surface area contributed by atoms with Crippen LogP contribution in [0.15, 0.2) is 41.9 Å². The van der Waals surface area contributed by atoms with Crippen LogP contribution in [-0.4, -0.2) is 23.1 Å². The SMILES string of the molecule is C=CCOc1ccc(-c2c(C#N)c(N)nc(SCC(=O)C3CC3)c2C#N)cc1. The predicted molar refractivity (Wildman–Crippen MR) is 108 cm³/mol. The van der Waals surface area contributed by atoms with E-state index in [0.29, 0.717) is 28.5 Å². The zero-order valence-corrected chi connectivity index (χ0v) is 16.0. The first kappa shape index (κ1) is 19.5. The molecule has 1 fully saturated rings. The summed E-state index contributed by atoms with van der Waals surface area (Å²) < 4.78 is 5.47. The average molecular weight is 390 g/mol. The van der Waals surface area contributed by atoms with E-state index in [4.69, 9.17) is 10.5 Å². The second-order valence-electron chi connectivity index (χ2n) is 6.30. The summed E-state index contributed by atoms with van der Waals surface area (Å²) in [5.41, 5.74) is 7.47. The van der Waals surface area contributed by atoms with Gasteiger partial charge in [0.1, 0.15) is 46.7 Å². The Morgan fingerprint density at radius 3 is 2.54 bits per heavy atom. The van der Waals surface area contributed by atoms with E-state index in [1.165, 1.54) is 11.8 Å². The minimum absolute atomic E-state index is 0.0462. The highest BCUT2D eigenvalue weighted by molar-refractivity contribution is 8.00. The second-order valence-corrected chi connectivity index (χ2v) is 7.27. The van der Waals surface area contributed by atoms with E-state index in [1.54, 1.807) is 30.3 Å². The van der Waals surface area contributed by atoms with Gasteiger partial charge in [-0.15, -0.1) is 0 Å². The van der Waals surface area contributed by atoms with E-state index >= 15 is 0 Å². The van der Waals surface area contributed by atoms with Gasteiger partial charge in [-0.1, -0.05) is 36.5 Å². The maximum absolute atomic E-state index is 12.0. The Hall–Kier alpha value is -3.29. The maximum Gasteiger partial charge on any atom is 0.146 e. The van der Waals surface area contributed by atoms with E-state index in [-0.39, 0.29) is 34.4 Å². The number of rotatable bonds is 8. The van der Waals surface area contributed by atoms with Crippen molar-refractivity contribution in [1.82, 2.24) is 4.98 Å². The zero-order valence-electron chi connectivity index (χ0n) is 15.1. The van der Waals surface area contributed by atoms with Gasteiger partial charge in [-0.2, -0.15) is 10.5 Å². The summed E-state index contributed by atoms with van der Waals surface area (Å²) in [7, 11) is 0. The van der Waals surface area contributed by atoms with Gasteiger partial charge in [-0.25, -0.2) is 4.98 Å². The second kappa shape index (κ2) is 8.60. The number of carbonyl (C=O) groups excluding carboxylic acids is 1. The molecule has 1 aliphatic carbocycles. The molecule has 1 saturated carbocycles. The molecule has 0 saturated heterocycles. The van der Waals surface area contributed by atoms with Crippen LogP contribution in [0.2, 0.25) is 0 Å². The summed E-state index contributed by atoms with van der Waals surface area (Å²) in [6.07, 6.45) is 3.50. The Morgan fingerprint density at radius 2 is 1.96 bits per heavy atom. The van der Waals surface area contributed by atoms with E-state index in [0.717, 1.165) is 12.8 Å². The number of thioether (sulfide) groups is 1. The minimum atomic E-state index is 0.0462. The number of benzene rings is 1. The summed E-state index contributed by atoms with van der Waals surface area (Å²) in [5.74, 6) is 1.23. The van der Waals surface area contributed by atoms with Crippen LogP contribution in [0, 0.1) is 28.6 Å². The topological polar surface area (TPSA) is 113 Å². The van der Waals surface area contributed by atoms with Crippen LogP contribution in [-0.2, 0) is 4.79 Å². The van der Waals surface area contributed by atoms with Gasteiger partial charge in [0, 0.05) is 11.5 Å². The molecular formula is C21H18N4O2S. The lowest BCUT2D eigenvalue weighted by Gasteiger charge is -2.13. The number of aromatic nitrogens is 1. The number of carbonyl (C=O) groups is 1. The summed E-state index contributed by atoms with van der Waals surface area (Å²) in [6, 6.07) is 11.2. The fourth-order valence-electron chi connectivity index (χ4n) is 2.73. The number of nitrogens with zero attached hydrogens (tertiary/aromatic N) is 3. The standard InChI is InChI=1S/C21H18N4O2S/c1-2-9-27-15-7-5-14(6-8-15)19-16(10-22)20(24)25-21(17(19)11-23)28-12-18(26)13-3-4-13/h2,5-8,13H,1,3-4,9,12H2,(H2,24,25). The van der Waals surface area contributed by atoms with Gasteiger partial charge < -0.3 is 10.5 Å². The summed E-state index contributed by atoms with van der Waals surface area (Å²) in [4.78, 5) is 16.2. The highest BCUT2D eigenvalue weighted by Gasteiger charge is 2.30. The lowest BCUT2D eigenvalue weighted by molar-refractivity contribution is -0.117. The van der Waals surface area contributed by atoms with Crippen molar-refractivity contribution in [1.29, 1.82) is 10.5 Å². The quantitative estimate of drug-likeness (QED) is 0.540. The Morgan fingerprint density at radius 1 is 1.29 bits per heavy atom. The molecule has 1 aliphatic rings. The van der Waals surface area contributed by atoms with Gasteiger partial charge in [-0.05, 0) is 30.5 Å². The van der Waals surface area contributed by atoms with Crippen LogP contribution in [0.4, 0.5) is 5.82 Å². The molecule has 0 bridgehead atoms. The lowest BCUT2D eigenvalue weighted by Crippen LogP contribution is -2.07. The number of ketones is 1. The third-order valence-corrected chi connectivity index (χ3v) is 5.31. The molecule has 2 N–H and O–H groups in total. The number of nitrogens with two attached hydrogens (primary N) is 1. The Balaban J connectivity index is 2.00. The smallest absolute Gasteiger partial charge is 0.146 e. The van der Waals surface area contributed by atoms with Crippen molar-refractivity contribution in [3.63, 3.8) is 0 Å². The fraction of sp³-hybridized carbons (Fsp3) is 0.238. The molecule has 0 atom stereocenters. The molecule has 6 nitrogen and oxygen atoms in total. The fourth-order valence-corrected chi connectivity index (χ4v) is 3.70. The molecular weight excluding hydrogens is 372 g/mol. The molecule has 0 aliphatic heterocycles. The molecule has 1 aromatic heterocycles. The number of anilines is 1. The predicted octanol–water partition coefficient (Wildman–Crippen LogP) is 3.71. The van der Waals surface area contributed by atoms with Crippen molar-refractivity contribution in [2.45, 2.75) is 17.9 Å². The van der Waals surface area contributed by atoms with E-state index in [2.05, 4.69) is 17.6 Å². The highest BCUT2D eigenvalue weighted by atomic mass is 32.2. The molecule has 7 heteroatoms. The first-order chi connectivity index (χ1) is 13.6. The molecule has 1 aromatic carbocycles. The van der Waals surface area contributed by atoms with Crippen LogP contribution in [0.25, 0.3) is 11.1 Å². The molecule has 3 rings (SSSR count). The van der Waals surface area contributed by atoms with E-state index in [9.17, 15) is 15.3 Å².